The average molecular weight is 354 g/mol. The average Bonchev–Trinajstić information content (AvgIpc) is 2.97. The van der Waals surface area contributed by atoms with Crippen LogP contribution in [0.2, 0.25) is 0 Å². The van der Waals surface area contributed by atoms with Crippen LogP contribution >= 0.6 is 0 Å². The maximum absolute atomic E-state index is 12.2. The van der Waals surface area contributed by atoms with Gasteiger partial charge < -0.3 is 14.8 Å². The van der Waals surface area contributed by atoms with Crippen LogP contribution in [-0.2, 0) is 19.1 Å². The van der Waals surface area contributed by atoms with E-state index in [-0.39, 0.29) is 35.9 Å². The molecule has 0 saturated carbocycles. The van der Waals surface area contributed by atoms with E-state index in [2.05, 4.69) is 23.6 Å². The Morgan fingerprint density at radius 1 is 1.40 bits per heavy atom. The summed E-state index contributed by atoms with van der Waals surface area (Å²) >= 11 is 0. The number of carbonyl (C=O) groups excluding carboxylic acids is 2. The first-order valence-electron chi connectivity index (χ1n) is 9.20. The Kier molecular flexibility index (Phi) is 8.59. The number of methoxy groups -OCH3 is 1. The summed E-state index contributed by atoms with van der Waals surface area (Å²) in [7, 11) is 1.67. The molecule has 1 aliphatic rings. The molecule has 144 valence electrons. The zero-order valence-electron chi connectivity index (χ0n) is 16.4. The molecule has 1 heterocycles. The van der Waals surface area contributed by atoms with Crippen molar-refractivity contribution in [3.8, 4) is 0 Å². The molecule has 0 aromatic heterocycles. The highest BCUT2D eigenvalue weighted by Crippen LogP contribution is 2.32. The molecule has 0 aromatic rings. The van der Waals surface area contributed by atoms with E-state index in [1.807, 2.05) is 19.9 Å². The molecule has 0 bridgehead atoms. The molecule has 2 N–H and O–H groups in total. The molecule has 1 fully saturated rings. The number of ether oxygens (including phenoxy) is 2. The van der Waals surface area contributed by atoms with Gasteiger partial charge >= 0.3 is 5.97 Å². The first kappa shape index (κ1) is 21.6. The van der Waals surface area contributed by atoms with E-state index in [0.717, 1.165) is 12.8 Å². The first-order valence-corrected chi connectivity index (χ1v) is 9.20. The van der Waals surface area contributed by atoms with Gasteiger partial charge in [0.05, 0.1) is 18.2 Å². The predicted molar refractivity (Wildman–Crippen MR) is 98.2 cm³/mol. The van der Waals surface area contributed by atoms with Crippen LogP contribution in [0, 0.1) is 5.92 Å². The maximum atomic E-state index is 12.2. The minimum Gasteiger partial charge on any atom is -0.465 e. The molecule has 0 radical (unpaired) electrons. The summed E-state index contributed by atoms with van der Waals surface area (Å²) in [4.78, 5) is 24.1. The van der Waals surface area contributed by atoms with E-state index >= 15 is 0 Å². The molecule has 6 heteroatoms. The number of nitrogens with one attached hydrogen (secondary N) is 2. The number of allylic oxidation sites excluding steroid dienone is 1. The van der Waals surface area contributed by atoms with E-state index in [0.29, 0.717) is 13.0 Å². The highest BCUT2D eigenvalue weighted by Gasteiger charge is 2.47. The summed E-state index contributed by atoms with van der Waals surface area (Å²) in [6.07, 6.45) is 6.47. The molecule has 0 aromatic carbocycles. The van der Waals surface area contributed by atoms with Gasteiger partial charge in [0, 0.05) is 20.1 Å². The maximum Gasteiger partial charge on any atom is 0.323 e. The summed E-state index contributed by atoms with van der Waals surface area (Å²) in [5, 5.41) is 6.46. The van der Waals surface area contributed by atoms with Crippen molar-refractivity contribution in [1.82, 2.24) is 10.6 Å². The van der Waals surface area contributed by atoms with Crippen molar-refractivity contribution in [2.45, 2.75) is 77.6 Å². The zero-order valence-corrected chi connectivity index (χ0v) is 16.4. The van der Waals surface area contributed by atoms with Crippen LogP contribution in [0.5, 0.6) is 0 Å². The van der Waals surface area contributed by atoms with Crippen LogP contribution < -0.4 is 10.6 Å². The standard InChI is InChI=1S/C19H34N2O4/c1-7-10-14-12-15(18(23)25-9-3)21-16(14)17(20-13(4)22)19(5,24-6)11-8-2/h7,10,14-17,21H,8-9,11-12H2,1-6H3,(H,20,22)/t14-,15-,16+,17?,19?/m1/s1. The molecule has 5 atom stereocenters. The van der Waals surface area contributed by atoms with Crippen LogP contribution in [0.4, 0.5) is 0 Å². The second-order valence-electron chi connectivity index (χ2n) is 6.87. The Labute approximate surface area is 151 Å². The van der Waals surface area contributed by atoms with E-state index < -0.39 is 5.60 Å². The van der Waals surface area contributed by atoms with Gasteiger partial charge in [0.15, 0.2) is 0 Å². The smallest absolute Gasteiger partial charge is 0.323 e. The molecule has 2 unspecified atom stereocenters. The highest BCUT2D eigenvalue weighted by molar-refractivity contribution is 5.76. The fraction of sp³-hybridized carbons (Fsp3) is 0.789. The topological polar surface area (TPSA) is 76.7 Å². The van der Waals surface area contributed by atoms with Crippen LogP contribution in [0.15, 0.2) is 12.2 Å². The summed E-state index contributed by atoms with van der Waals surface area (Å²) in [5.74, 6) is -0.233. The van der Waals surface area contributed by atoms with Gasteiger partial charge in [-0.1, -0.05) is 25.5 Å². The van der Waals surface area contributed by atoms with E-state index in [1.165, 1.54) is 6.92 Å². The third-order valence-corrected chi connectivity index (χ3v) is 4.96. The van der Waals surface area contributed by atoms with Gasteiger partial charge in [-0.3, -0.25) is 14.9 Å². The number of carbonyl (C=O) groups is 2. The third-order valence-electron chi connectivity index (χ3n) is 4.96. The molecule has 0 aliphatic carbocycles. The number of hydrogen-bond acceptors (Lipinski definition) is 5. The van der Waals surface area contributed by atoms with Gasteiger partial charge in [0.25, 0.3) is 0 Å². The second-order valence-corrected chi connectivity index (χ2v) is 6.87. The fourth-order valence-corrected chi connectivity index (χ4v) is 3.76. The first-order chi connectivity index (χ1) is 11.8. The fourth-order valence-electron chi connectivity index (χ4n) is 3.76. The van der Waals surface area contributed by atoms with Crippen molar-refractivity contribution in [3.05, 3.63) is 12.2 Å². The van der Waals surface area contributed by atoms with Crippen LogP contribution in [0.1, 0.15) is 53.9 Å². The van der Waals surface area contributed by atoms with Crippen molar-refractivity contribution in [2.24, 2.45) is 5.92 Å². The van der Waals surface area contributed by atoms with Gasteiger partial charge in [-0.2, -0.15) is 0 Å². The SMILES string of the molecule is CC=C[C@@H]1C[C@H](C(=O)OCC)N[C@@H]1C(NC(C)=O)C(C)(CCC)OC. The number of esters is 1. The Morgan fingerprint density at radius 3 is 2.56 bits per heavy atom. The van der Waals surface area contributed by atoms with Crippen molar-refractivity contribution in [1.29, 1.82) is 0 Å². The summed E-state index contributed by atoms with van der Waals surface area (Å²) < 4.78 is 11.0. The van der Waals surface area contributed by atoms with Crippen LogP contribution in [-0.4, -0.2) is 49.3 Å². The lowest BCUT2D eigenvalue weighted by Gasteiger charge is -2.41. The van der Waals surface area contributed by atoms with Crippen LogP contribution in [0.3, 0.4) is 0 Å². The van der Waals surface area contributed by atoms with Crippen molar-refractivity contribution in [2.75, 3.05) is 13.7 Å². The monoisotopic (exact) mass is 354 g/mol. The van der Waals surface area contributed by atoms with Crippen molar-refractivity contribution in [3.63, 3.8) is 0 Å². The lowest BCUT2D eigenvalue weighted by molar-refractivity contribution is -0.145. The molecule has 1 aliphatic heterocycles. The quantitative estimate of drug-likeness (QED) is 0.490. The Bertz CT molecular complexity index is 480. The molecule has 1 amide bonds. The lowest BCUT2D eigenvalue weighted by atomic mass is 9.81. The molecule has 1 saturated heterocycles. The second kappa shape index (κ2) is 9.92. The van der Waals surface area contributed by atoms with E-state index in [1.54, 1.807) is 14.0 Å². The minimum absolute atomic E-state index is 0.106. The Hall–Kier alpha value is -1.40. The number of hydrogen-bond donors (Lipinski definition) is 2. The van der Waals surface area contributed by atoms with Gasteiger partial charge in [0.1, 0.15) is 6.04 Å². The lowest BCUT2D eigenvalue weighted by Crippen LogP contribution is -2.62. The number of rotatable bonds is 9. The van der Waals surface area contributed by atoms with Crippen molar-refractivity contribution >= 4 is 11.9 Å². The number of amides is 1. The van der Waals surface area contributed by atoms with Gasteiger partial charge in [-0.05, 0) is 39.5 Å². The minimum atomic E-state index is -0.526. The normalized spacial score (nSPS) is 27.0. The van der Waals surface area contributed by atoms with E-state index in [9.17, 15) is 9.59 Å². The summed E-state index contributed by atoms with van der Waals surface area (Å²) in [6.45, 7) is 9.74. The Morgan fingerprint density at radius 2 is 2.08 bits per heavy atom. The highest BCUT2D eigenvalue weighted by atomic mass is 16.5. The third kappa shape index (κ3) is 5.54. The molecule has 25 heavy (non-hydrogen) atoms. The Balaban J connectivity index is 3.15. The van der Waals surface area contributed by atoms with Gasteiger partial charge in [0.2, 0.25) is 5.91 Å². The zero-order chi connectivity index (χ0) is 19.0. The molecule has 1 rings (SSSR count). The summed E-state index contributed by atoms with van der Waals surface area (Å²) in [6, 6.07) is -0.730. The molecular formula is C19H34N2O4. The van der Waals surface area contributed by atoms with Crippen molar-refractivity contribution < 1.29 is 19.1 Å². The van der Waals surface area contributed by atoms with Gasteiger partial charge in [-0.15, -0.1) is 0 Å². The largest absolute Gasteiger partial charge is 0.465 e. The summed E-state index contributed by atoms with van der Waals surface area (Å²) in [5.41, 5.74) is -0.526. The van der Waals surface area contributed by atoms with Gasteiger partial charge in [-0.25, -0.2) is 0 Å². The molecule has 6 nitrogen and oxygen atoms in total. The predicted octanol–water partition coefficient (Wildman–Crippen LogP) is 2.18. The van der Waals surface area contributed by atoms with Crippen LogP contribution in [0.25, 0.3) is 0 Å². The molecular weight excluding hydrogens is 320 g/mol. The van der Waals surface area contributed by atoms with E-state index in [4.69, 9.17) is 9.47 Å². The molecule has 0 spiro atoms.